The van der Waals surface area contributed by atoms with Crippen molar-refractivity contribution < 1.29 is 4.74 Å². The zero-order valence-electron chi connectivity index (χ0n) is 13.1. The van der Waals surface area contributed by atoms with Crippen LogP contribution >= 0.6 is 0 Å². The van der Waals surface area contributed by atoms with Gasteiger partial charge in [-0.1, -0.05) is 30.3 Å². The van der Waals surface area contributed by atoms with Crippen molar-refractivity contribution in [1.29, 1.82) is 0 Å². The lowest BCUT2D eigenvalue weighted by atomic mass is 10.00. The summed E-state index contributed by atoms with van der Waals surface area (Å²) in [5.41, 5.74) is 5.74. The van der Waals surface area contributed by atoms with E-state index >= 15 is 0 Å². The molecule has 0 saturated heterocycles. The van der Waals surface area contributed by atoms with E-state index in [0.29, 0.717) is 6.61 Å². The van der Waals surface area contributed by atoms with Gasteiger partial charge in [-0.2, -0.15) is 0 Å². The Bertz CT molecular complexity index is 830. The minimum absolute atomic E-state index is 0.679. The molecule has 0 atom stereocenters. The van der Waals surface area contributed by atoms with Gasteiger partial charge < -0.3 is 9.64 Å². The smallest absolute Gasteiger partial charge is 0.150 e. The van der Waals surface area contributed by atoms with E-state index in [9.17, 15) is 0 Å². The minimum atomic E-state index is 0.679. The van der Waals surface area contributed by atoms with E-state index in [4.69, 9.17) is 4.74 Å². The van der Waals surface area contributed by atoms with Crippen LogP contribution in [-0.2, 0) is 0 Å². The second-order valence-electron chi connectivity index (χ2n) is 5.68. The molecule has 3 nitrogen and oxygen atoms in total. The normalized spacial score (nSPS) is 13.3. The van der Waals surface area contributed by atoms with Gasteiger partial charge in [0.15, 0.2) is 5.75 Å². The predicted molar refractivity (Wildman–Crippen MR) is 93.4 cm³/mol. The van der Waals surface area contributed by atoms with Crippen molar-refractivity contribution >= 4 is 11.4 Å². The van der Waals surface area contributed by atoms with E-state index in [1.54, 1.807) is 0 Å². The molecule has 4 rings (SSSR count). The fraction of sp³-hybridized carbons (Fsp3) is 0.150. The molecule has 3 aromatic rings. The Morgan fingerprint density at radius 1 is 0.957 bits per heavy atom. The molecule has 0 aliphatic carbocycles. The number of nitrogens with zero attached hydrogens (tertiary/aromatic N) is 2. The number of hydrogen-bond acceptors (Lipinski definition) is 3. The van der Waals surface area contributed by atoms with Gasteiger partial charge in [0.05, 0.1) is 12.2 Å². The van der Waals surface area contributed by atoms with Gasteiger partial charge in [0, 0.05) is 29.2 Å². The molecule has 1 aliphatic rings. The van der Waals surface area contributed by atoms with Crippen molar-refractivity contribution in [1.82, 2.24) is 4.98 Å². The summed E-state index contributed by atoms with van der Waals surface area (Å²) in [5.74, 6) is 0.943. The SMILES string of the molecule is Cc1ccncc1-c1cccc2c1OCCN2c1ccccc1. The highest BCUT2D eigenvalue weighted by Crippen LogP contribution is 2.43. The fourth-order valence-corrected chi connectivity index (χ4v) is 3.08. The number of anilines is 2. The van der Waals surface area contributed by atoms with Crippen LogP contribution in [0, 0.1) is 6.92 Å². The third kappa shape index (κ3) is 2.44. The van der Waals surface area contributed by atoms with Crippen LogP contribution in [0.3, 0.4) is 0 Å². The molecule has 114 valence electrons. The lowest BCUT2D eigenvalue weighted by Crippen LogP contribution is -2.28. The third-order valence-corrected chi connectivity index (χ3v) is 4.24. The average Bonchev–Trinajstić information content (AvgIpc) is 2.62. The molecule has 0 N–H and O–H groups in total. The van der Waals surface area contributed by atoms with Gasteiger partial charge in [-0.15, -0.1) is 0 Å². The van der Waals surface area contributed by atoms with Crippen LogP contribution < -0.4 is 9.64 Å². The molecule has 0 fully saturated rings. The molecule has 1 aromatic heterocycles. The topological polar surface area (TPSA) is 25.4 Å². The van der Waals surface area contributed by atoms with Crippen LogP contribution in [0.5, 0.6) is 5.75 Å². The summed E-state index contributed by atoms with van der Waals surface area (Å²) in [5, 5.41) is 0. The lowest BCUT2D eigenvalue weighted by molar-refractivity contribution is 0.315. The largest absolute Gasteiger partial charge is 0.489 e. The molecule has 2 aromatic carbocycles. The summed E-state index contributed by atoms with van der Waals surface area (Å²) in [6, 6.07) is 18.8. The Morgan fingerprint density at radius 3 is 2.65 bits per heavy atom. The number of aromatic nitrogens is 1. The van der Waals surface area contributed by atoms with Crippen LogP contribution in [0.4, 0.5) is 11.4 Å². The molecule has 3 heteroatoms. The number of pyridine rings is 1. The molecular formula is C20H18N2O. The van der Waals surface area contributed by atoms with Gasteiger partial charge in [-0.3, -0.25) is 4.98 Å². The van der Waals surface area contributed by atoms with E-state index in [2.05, 4.69) is 59.3 Å². The fourth-order valence-electron chi connectivity index (χ4n) is 3.08. The van der Waals surface area contributed by atoms with E-state index in [0.717, 1.165) is 29.1 Å². The van der Waals surface area contributed by atoms with E-state index < -0.39 is 0 Å². The van der Waals surface area contributed by atoms with E-state index in [1.165, 1.54) is 11.3 Å². The number of fused-ring (bicyclic) bond motifs is 1. The summed E-state index contributed by atoms with van der Waals surface area (Å²) in [4.78, 5) is 6.59. The van der Waals surface area contributed by atoms with Crippen molar-refractivity contribution in [2.45, 2.75) is 6.92 Å². The average molecular weight is 302 g/mol. The molecule has 0 amide bonds. The Hall–Kier alpha value is -2.81. The van der Waals surface area contributed by atoms with Crippen LogP contribution in [-0.4, -0.2) is 18.1 Å². The molecule has 1 aliphatic heterocycles. The zero-order chi connectivity index (χ0) is 15.6. The first-order chi connectivity index (χ1) is 11.3. The number of ether oxygens (including phenoxy) is 1. The Kier molecular flexibility index (Phi) is 3.46. The van der Waals surface area contributed by atoms with Crippen molar-refractivity contribution in [2.75, 3.05) is 18.1 Å². The maximum Gasteiger partial charge on any atom is 0.150 e. The summed E-state index contributed by atoms with van der Waals surface area (Å²) >= 11 is 0. The Balaban J connectivity index is 1.86. The van der Waals surface area contributed by atoms with Gasteiger partial charge in [0.2, 0.25) is 0 Å². The molecule has 2 heterocycles. The molecular weight excluding hydrogens is 284 g/mol. The number of hydrogen-bond donors (Lipinski definition) is 0. The monoisotopic (exact) mass is 302 g/mol. The summed E-state index contributed by atoms with van der Waals surface area (Å²) in [6.45, 7) is 3.64. The molecule has 0 unspecified atom stereocenters. The minimum Gasteiger partial charge on any atom is -0.489 e. The summed E-state index contributed by atoms with van der Waals surface area (Å²) in [7, 11) is 0. The lowest BCUT2D eigenvalue weighted by Gasteiger charge is -2.32. The van der Waals surface area contributed by atoms with Crippen molar-refractivity contribution in [2.24, 2.45) is 0 Å². The highest BCUT2D eigenvalue weighted by Gasteiger charge is 2.23. The first kappa shape index (κ1) is 13.8. The van der Waals surface area contributed by atoms with Gasteiger partial charge in [-0.05, 0) is 36.8 Å². The van der Waals surface area contributed by atoms with E-state index in [-0.39, 0.29) is 0 Å². The highest BCUT2D eigenvalue weighted by molar-refractivity contribution is 5.83. The molecule has 0 bridgehead atoms. The van der Waals surface area contributed by atoms with Crippen molar-refractivity contribution in [3.8, 4) is 16.9 Å². The number of para-hydroxylation sites is 2. The Morgan fingerprint density at radius 2 is 1.83 bits per heavy atom. The maximum absolute atomic E-state index is 6.05. The van der Waals surface area contributed by atoms with Crippen LogP contribution in [0.1, 0.15) is 5.56 Å². The van der Waals surface area contributed by atoms with Crippen molar-refractivity contribution in [3.05, 3.63) is 72.6 Å². The third-order valence-electron chi connectivity index (χ3n) is 4.24. The first-order valence-electron chi connectivity index (χ1n) is 7.84. The zero-order valence-corrected chi connectivity index (χ0v) is 13.1. The first-order valence-corrected chi connectivity index (χ1v) is 7.84. The van der Waals surface area contributed by atoms with Crippen molar-refractivity contribution in [3.63, 3.8) is 0 Å². The second-order valence-corrected chi connectivity index (χ2v) is 5.68. The Labute approximate surface area is 136 Å². The molecule has 0 spiro atoms. The standard InChI is InChI=1S/C20H18N2O/c1-15-10-11-21-14-18(15)17-8-5-9-19-20(17)23-13-12-22(19)16-6-3-2-4-7-16/h2-11,14H,12-13H2,1H3. The van der Waals surface area contributed by atoms with Crippen LogP contribution in [0.15, 0.2) is 67.0 Å². The predicted octanol–water partition coefficient (Wildman–Crippen LogP) is 4.59. The molecule has 23 heavy (non-hydrogen) atoms. The van der Waals surface area contributed by atoms with Gasteiger partial charge in [0.25, 0.3) is 0 Å². The van der Waals surface area contributed by atoms with Crippen LogP contribution in [0.2, 0.25) is 0 Å². The summed E-state index contributed by atoms with van der Waals surface area (Å²) < 4.78 is 6.05. The van der Waals surface area contributed by atoms with Crippen LogP contribution in [0.25, 0.3) is 11.1 Å². The maximum atomic E-state index is 6.05. The van der Waals surface area contributed by atoms with Gasteiger partial charge >= 0.3 is 0 Å². The van der Waals surface area contributed by atoms with Gasteiger partial charge in [-0.25, -0.2) is 0 Å². The number of benzene rings is 2. The highest BCUT2D eigenvalue weighted by atomic mass is 16.5. The summed E-state index contributed by atoms with van der Waals surface area (Å²) in [6.07, 6.45) is 3.74. The second kappa shape index (κ2) is 5.76. The number of rotatable bonds is 2. The molecule has 0 saturated carbocycles. The quantitative estimate of drug-likeness (QED) is 0.692. The van der Waals surface area contributed by atoms with Gasteiger partial charge in [0.1, 0.15) is 6.61 Å². The number of aryl methyl sites for hydroxylation is 1. The molecule has 0 radical (unpaired) electrons. The van der Waals surface area contributed by atoms with E-state index in [1.807, 2.05) is 24.5 Å².